The summed E-state index contributed by atoms with van der Waals surface area (Å²) in [5.74, 6) is 2.40. The fraction of sp³-hybridized carbons (Fsp3) is 0.600. The van der Waals surface area contributed by atoms with Gasteiger partial charge in [-0.2, -0.15) is 0 Å². The molecule has 0 aromatic heterocycles. The van der Waals surface area contributed by atoms with Crippen LogP contribution in [0.3, 0.4) is 0 Å². The molecule has 1 aliphatic carbocycles. The topological polar surface area (TPSA) is 21.3 Å². The van der Waals surface area contributed by atoms with Gasteiger partial charge in [-0.05, 0) is 42.9 Å². The van der Waals surface area contributed by atoms with E-state index in [0.717, 1.165) is 12.3 Å². The summed E-state index contributed by atoms with van der Waals surface area (Å²) in [4.78, 5) is 0. The van der Waals surface area contributed by atoms with Crippen LogP contribution in [0.5, 0.6) is 5.75 Å². The highest BCUT2D eigenvalue weighted by molar-refractivity contribution is 5.38. The molecule has 3 atom stereocenters. The predicted octanol–water partition coefficient (Wildman–Crippen LogP) is 3.19. The van der Waals surface area contributed by atoms with Gasteiger partial charge in [0.2, 0.25) is 0 Å². The van der Waals surface area contributed by atoms with Gasteiger partial charge < -0.3 is 10.1 Å². The Bertz CT molecular complexity index is 364. The Kier molecular flexibility index (Phi) is 4.06. The van der Waals surface area contributed by atoms with Gasteiger partial charge in [-0.1, -0.05) is 32.0 Å². The molecule has 1 saturated carbocycles. The first-order valence-electron chi connectivity index (χ1n) is 6.64. The lowest BCUT2D eigenvalue weighted by Gasteiger charge is -2.44. The van der Waals surface area contributed by atoms with Crippen LogP contribution in [-0.4, -0.2) is 19.7 Å². The van der Waals surface area contributed by atoms with Crippen LogP contribution in [0.4, 0.5) is 0 Å². The summed E-state index contributed by atoms with van der Waals surface area (Å²) in [5.41, 5.74) is 1.37. The summed E-state index contributed by atoms with van der Waals surface area (Å²) in [6, 6.07) is 9.10. The summed E-state index contributed by atoms with van der Waals surface area (Å²) in [7, 11) is 1.76. The molecule has 1 N–H and O–H groups in total. The van der Waals surface area contributed by atoms with Gasteiger partial charge in [-0.15, -0.1) is 0 Å². The van der Waals surface area contributed by atoms with Crippen LogP contribution >= 0.6 is 0 Å². The van der Waals surface area contributed by atoms with E-state index in [1.165, 1.54) is 18.4 Å². The van der Waals surface area contributed by atoms with Crippen molar-refractivity contribution in [3.8, 4) is 5.75 Å². The van der Waals surface area contributed by atoms with Crippen LogP contribution in [0.1, 0.15) is 38.2 Å². The standard InChI is InChI=1S/C15H23NO/c1-4-9-16-14-10-13(11(14)2)12-7-5-6-8-15(12)17-3/h5-8,11,13-14,16H,4,9-10H2,1-3H3. The van der Waals surface area contributed by atoms with Crippen LogP contribution in [0.2, 0.25) is 0 Å². The lowest BCUT2D eigenvalue weighted by Crippen LogP contribution is -2.48. The van der Waals surface area contributed by atoms with Crippen molar-refractivity contribution in [2.75, 3.05) is 13.7 Å². The molecule has 0 saturated heterocycles. The average Bonchev–Trinajstić information content (AvgIpc) is 2.37. The van der Waals surface area contributed by atoms with Crippen molar-refractivity contribution >= 4 is 0 Å². The molecular formula is C15H23NO. The van der Waals surface area contributed by atoms with Gasteiger partial charge in [0.1, 0.15) is 5.75 Å². The van der Waals surface area contributed by atoms with Crippen molar-refractivity contribution in [3.05, 3.63) is 29.8 Å². The fourth-order valence-electron chi connectivity index (χ4n) is 2.77. The molecule has 0 amide bonds. The third kappa shape index (κ3) is 2.47. The quantitative estimate of drug-likeness (QED) is 0.843. The molecule has 2 rings (SSSR count). The molecular weight excluding hydrogens is 210 g/mol. The first kappa shape index (κ1) is 12.4. The van der Waals surface area contributed by atoms with Gasteiger partial charge in [0.05, 0.1) is 7.11 Å². The molecule has 2 heteroatoms. The van der Waals surface area contributed by atoms with E-state index in [4.69, 9.17) is 4.74 Å². The van der Waals surface area contributed by atoms with Crippen molar-refractivity contribution in [2.45, 2.75) is 38.6 Å². The molecule has 94 valence electrons. The van der Waals surface area contributed by atoms with E-state index in [9.17, 15) is 0 Å². The highest BCUT2D eigenvalue weighted by Gasteiger charge is 2.39. The van der Waals surface area contributed by atoms with Gasteiger partial charge in [0, 0.05) is 6.04 Å². The number of para-hydroxylation sites is 1. The molecule has 0 spiro atoms. The maximum Gasteiger partial charge on any atom is 0.122 e. The molecule has 0 bridgehead atoms. The number of benzene rings is 1. The highest BCUT2D eigenvalue weighted by atomic mass is 16.5. The second-order valence-corrected chi connectivity index (χ2v) is 5.00. The Morgan fingerprint density at radius 1 is 1.35 bits per heavy atom. The van der Waals surface area contributed by atoms with E-state index in [-0.39, 0.29) is 0 Å². The zero-order chi connectivity index (χ0) is 12.3. The van der Waals surface area contributed by atoms with Crippen molar-refractivity contribution in [3.63, 3.8) is 0 Å². The molecule has 17 heavy (non-hydrogen) atoms. The Labute approximate surface area is 104 Å². The molecule has 0 heterocycles. The van der Waals surface area contributed by atoms with Crippen LogP contribution < -0.4 is 10.1 Å². The second-order valence-electron chi connectivity index (χ2n) is 5.00. The van der Waals surface area contributed by atoms with Gasteiger partial charge in [0.25, 0.3) is 0 Å². The predicted molar refractivity (Wildman–Crippen MR) is 71.6 cm³/mol. The smallest absolute Gasteiger partial charge is 0.122 e. The van der Waals surface area contributed by atoms with Gasteiger partial charge in [-0.25, -0.2) is 0 Å². The summed E-state index contributed by atoms with van der Waals surface area (Å²) >= 11 is 0. The van der Waals surface area contributed by atoms with Crippen LogP contribution in [0.15, 0.2) is 24.3 Å². The Morgan fingerprint density at radius 3 is 2.76 bits per heavy atom. The SMILES string of the molecule is CCCNC1CC(c2ccccc2OC)C1C. The minimum atomic E-state index is 0.653. The highest BCUT2D eigenvalue weighted by Crippen LogP contribution is 2.45. The van der Waals surface area contributed by atoms with Crippen molar-refractivity contribution in [1.82, 2.24) is 5.32 Å². The number of rotatable bonds is 5. The van der Waals surface area contributed by atoms with E-state index < -0.39 is 0 Å². The minimum Gasteiger partial charge on any atom is -0.496 e. The molecule has 1 fully saturated rings. The largest absolute Gasteiger partial charge is 0.496 e. The molecule has 3 unspecified atom stereocenters. The minimum absolute atomic E-state index is 0.653. The second kappa shape index (κ2) is 5.54. The third-order valence-electron chi connectivity index (χ3n) is 3.97. The number of methoxy groups -OCH3 is 1. The molecule has 0 radical (unpaired) electrons. The number of ether oxygens (including phenoxy) is 1. The molecule has 1 aromatic rings. The van der Waals surface area contributed by atoms with Crippen LogP contribution in [0, 0.1) is 5.92 Å². The van der Waals surface area contributed by atoms with E-state index in [0.29, 0.717) is 17.9 Å². The number of hydrogen-bond acceptors (Lipinski definition) is 2. The first-order valence-corrected chi connectivity index (χ1v) is 6.64. The average molecular weight is 233 g/mol. The third-order valence-corrected chi connectivity index (χ3v) is 3.97. The number of nitrogens with one attached hydrogen (secondary N) is 1. The van der Waals surface area contributed by atoms with Crippen LogP contribution in [-0.2, 0) is 0 Å². The van der Waals surface area contributed by atoms with Gasteiger partial charge in [-0.3, -0.25) is 0 Å². The number of hydrogen-bond donors (Lipinski definition) is 1. The van der Waals surface area contributed by atoms with Crippen LogP contribution in [0.25, 0.3) is 0 Å². The maximum atomic E-state index is 5.45. The molecule has 2 nitrogen and oxygen atoms in total. The van der Waals surface area contributed by atoms with Crippen molar-refractivity contribution < 1.29 is 4.74 Å². The Hall–Kier alpha value is -1.02. The lowest BCUT2D eigenvalue weighted by molar-refractivity contribution is 0.181. The van der Waals surface area contributed by atoms with Crippen molar-refractivity contribution in [2.24, 2.45) is 5.92 Å². The molecule has 1 aliphatic rings. The van der Waals surface area contributed by atoms with Gasteiger partial charge in [0.15, 0.2) is 0 Å². The van der Waals surface area contributed by atoms with E-state index in [1.807, 2.05) is 6.07 Å². The van der Waals surface area contributed by atoms with E-state index in [1.54, 1.807) is 7.11 Å². The molecule has 1 aromatic carbocycles. The Balaban J connectivity index is 2.01. The van der Waals surface area contributed by atoms with Gasteiger partial charge >= 0.3 is 0 Å². The fourth-order valence-corrected chi connectivity index (χ4v) is 2.77. The normalized spacial score (nSPS) is 27.6. The Morgan fingerprint density at radius 2 is 2.12 bits per heavy atom. The lowest BCUT2D eigenvalue weighted by atomic mass is 9.67. The van der Waals surface area contributed by atoms with E-state index >= 15 is 0 Å². The van der Waals surface area contributed by atoms with E-state index in [2.05, 4.69) is 37.4 Å². The maximum absolute atomic E-state index is 5.45. The first-order chi connectivity index (χ1) is 8.27. The summed E-state index contributed by atoms with van der Waals surface area (Å²) in [6.45, 7) is 5.69. The summed E-state index contributed by atoms with van der Waals surface area (Å²) in [6.07, 6.45) is 2.45. The summed E-state index contributed by atoms with van der Waals surface area (Å²) in [5, 5.41) is 3.61. The summed E-state index contributed by atoms with van der Waals surface area (Å²) < 4.78 is 5.45. The molecule has 0 aliphatic heterocycles. The van der Waals surface area contributed by atoms with Crippen molar-refractivity contribution in [1.29, 1.82) is 0 Å². The zero-order valence-corrected chi connectivity index (χ0v) is 11.1. The zero-order valence-electron chi connectivity index (χ0n) is 11.1. The monoisotopic (exact) mass is 233 g/mol.